The number of ether oxygens (including phenoxy) is 1. The summed E-state index contributed by atoms with van der Waals surface area (Å²) in [5.74, 6) is -0.147. The Balaban J connectivity index is 1.52. The number of hydrogen-bond donors (Lipinski definition) is 3. The quantitative estimate of drug-likeness (QED) is 0.751. The largest absolute Gasteiger partial charge is 0.376 e. The van der Waals surface area contributed by atoms with Crippen molar-refractivity contribution in [2.45, 2.75) is 32.8 Å². The van der Waals surface area contributed by atoms with Gasteiger partial charge in [0.05, 0.1) is 6.10 Å². The highest BCUT2D eigenvalue weighted by Gasteiger charge is 2.16. The number of rotatable bonds is 5. The fraction of sp³-hybridized carbons (Fsp3) is 0.333. The zero-order valence-electron chi connectivity index (χ0n) is 15.7. The maximum atomic E-state index is 12.5. The van der Waals surface area contributed by atoms with Crippen molar-refractivity contribution in [3.05, 3.63) is 59.2 Å². The van der Waals surface area contributed by atoms with Gasteiger partial charge in [0.1, 0.15) is 0 Å². The SMILES string of the molecule is Cc1ccc(C)c(C(=O)Nc2ccc(NC(=O)NCC3CCCO3)cc2)c1. The highest BCUT2D eigenvalue weighted by atomic mass is 16.5. The van der Waals surface area contributed by atoms with E-state index in [1.807, 2.05) is 32.0 Å². The standard InChI is InChI=1S/C21H25N3O3/c1-14-5-6-15(2)19(12-14)20(25)23-16-7-9-17(10-8-16)24-21(26)22-13-18-4-3-11-27-18/h5-10,12,18H,3-4,11,13H2,1-2H3,(H,23,25)(H2,22,24,26). The van der Waals surface area contributed by atoms with E-state index in [0.29, 0.717) is 23.5 Å². The van der Waals surface area contributed by atoms with Gasteiger partial charge in [0.15, 0.2) is 0 Å². The molecule has 3 N–H and O–H groups in total. The first-order valence-electron chi connectivity index (χ1n) is 9.16. The van der Waals surface area contributed by atoms with Gasteiger partial charge in [-0.15, -0.1) is 0 Å². The first-order chi connectivity index (χ1) is 13.0. The second kappa shape index (κ2) is 8.68. The summed E-state index contributed by atoms with van der Waals surface area (Å²) in [5, 5.41) is 8.47. The van der Waals surface area contributed by atoms with Gasteiger partial charge < -0.3 is 20.7 Å². The highest BCUT2D eigenvalue weighted by Crippen LogP contribution is 2.17. The zero-order valence-corrected chi connectivity index (χ0v) is 15.7. The lowest BCUT2D eigenvalue weighted by molar-refractivity contribution is 0.102. The van der Waals surface area contributed by atoms with E-state index < -0.39 is 0 Å². The number of carbonyl (C=O) groups excluding carboxylic acids is 2. The van der Waals surface area contributed by atoms with Crippen molar-refractivity contribution in [3.63, 3.8) is 0 Å². The minimum atomic E-state index is -0.266. The molecular weight excluding hydrogens is 342 g/mol. The average molecular weight is 367 g/mol. The molecule has 2 aromatic carbocycles. The molecule has 0 spiro atoms. The van der Waals surface area contributed by atoms with E-state index in [0.717, 1.165) is 30.6 Å². The minimum absolute atomic E-state index is 0.110. The predicted molar refractivity (Wildman–Crippen MR) is 106 cm³/mol. The maximum absolute atomic E-state index is 12.5. The lowest BCUT2D eigenvalue weighted by Gasteiger charge is -2.12. The van der Waals surface area contributed by atoms with Gasteiger partial charge in [0.2, 0.25) is 0 Å². The lowest BCUT2D eigenvalue weighted by atomic mass is 10.1. The van der Waals surface area contributed by atoms with Crippen molar-refractivity contribution in [3.8, 4) is 0 Å². The van der Waals surface area contributed by atoms with Gasteiger partial charge in [0, 0.05) is 30.1 Å². The van der Waals surface area contributed by atoms with Crippen molar-refractivity contribution in [2.24, 2.45) is 0 Å². The molecule has 0 aromatic heterocycles. The van der Waals surface area contributed by atoms with Crippen LogP contribution in [0, 0.1) is 13.8 Å². The molecule has 0 saturated carbocycles. The van der Waals surface area contributed by atoms with Gasteiger partial charge in [-0.1, -0.05) is 17.7 Å². The summed E-state index contributed by atoms with van der Waals surface area (Å²) in [6.45, 7) is 5.15. The van der Waals surface area contributed by atoms with Crippen LogP contribution in [0.2, 0.25) is 0 Å². The number of urea groups is 1. The summed E-state index contributed by atoms with van der Waals surface area (Å²) in [4.78, 5) is 24.4. The van der Waals surface area contributed by atoms with Crippen LogP contribution in [0.15, 0.2) is 42.5 Å². The average Bonchev–Trinajstić information content (AvgIpc) is 3.17. The van der Waals surface area contributed by atoms with E-state index in [4.69, 9.17) is 4.74 Å². The number of amides is 3. The van der Waals surface area contributed by atoms with Crippen LogP contribution in [0.3, 0.4) is 0 Å². The maximum Gasteiger partial charge on any atom is 0.319 e. The van der Waals surface area contributed by atoms with Gasteiger partial charge in [-0.05, 0) is 62.6 Å². The van der Waals surface area contributed by atoms with Gasteiger partial charge in [-0.2, -0.15) is 0 Å². The summed E-state index contributed by atoms with van der Waals surface area (Å²) in [7, 11) is 0. The zero-order chi connectivity index (χ0) is 19.2. The fourth-order valence-electron chi connectivity index (χ4n) is 3.00. The summed E-state index contributed by atoms with van der Waals surface area (Å²) in [6, 6.07) is 12.6. The molecule has 1 fully saturated rings. The number of nitrogens with one attached hydrogen (secondary N) is 3. The van der Waals surface area contributed by atoms with Crippen LogP contribution >= 0.6 is 0 Å². The molecule has 3 rings (SSSR count). The molecule has 0 bridgehead atoms. The summed E-state index contributed by atoms with van der Waals surface area (Å²) in [6.07, 6.45) is 2.14. The Morgan fingerprint density at radius 3 is 2.41 bits per heavy atom. The van der Waals surface area contributed by atoms with Crippen molar-refractivity contribution in [2.75, 3.05) is 23.8 Å². The van der Waals surface area contributed by atoms with E-state index in [2.05, 4.69) is 16.0 Å². The molecule has 6 heteroatoms. The van der Waals surface area contributed by atoms with Gasteiger partial charge in [-0.25, -0.2) is 4.79 Å². The second-order valence-electron chi connectivity index (χ2n) is 6.82. The molecule has 27 heavy (non-hydrogen) atoms. The number of carbonyl (C=O) groups is 2. The van der Waals surface area contributed by atoms with Crippen LogP contribution in [0.5, 0.6) is 0 Å². The molecule has 0 radical (unpaired) electrons. The second-order valence-corrected chi connectivity index (χ2v) is 6.82. The molecule has 1 unspecified atom stereocenters. The topological polar surface area (TPSA) is 79.5 Å². The van der Waals surface area contributed by atoms with Crippen molar-refractivity contribution >= 4 is 23.3 Å². The lowest BCUT2D eigenvalue weighted by Crippen LogP contribution is -2.35. The van der Waals surface area contributed by atoms with Crippen molar-refractivity contribution in [1.29, 1.82) is 0 Å². The molecule has 142 valence electrons. The normalized spacial score (nSPS) is 16.0. The molecular formula is C21H25N3O3. The monoisotopic (exact) mass is 367 g/mol. The first-order valence-corrected chi connectivity index (χ1v) is 9.16. The predicted octanol–water partition coefficient (Wildman–Crippen LogP) is 3.86. The molecule has 0 aliphatic carbocycles. The molecule has 1 aliphatic heterocycles. The van der Waals surface area contributed by atoms with Crippen LogP contribution in [0.1, 0.15) is 34.3 Å². The molecule has 1 heterocycles. The van der Waals surface area contributed by atoms with Gasteiger partial charge in [0.25, 0.3) is 5.91 Å². The van der Waals surface area contributed by atoms with Gasteiger partial charge >= 0.3 is 6.03 Å². The van der Waals surface area contributed by atoms with Crippen LogP contribution in [0.25, 0.3) is 0 Å². The number of anilines is 2. The molecule has 6 nitrogen and oxygen atoms in total. The van der Waals surface area contributed by atoms with Crippen LogP contribution < -0.4 is 16.0 Å². The van der Waals surface area contributed by atoms with Gasteiger partial charge in [-0.3, -0.25) is 4.79 Å². The number of hydrogen-bond acceptors (Lipinski definition) is 3. The molecule has 1 saturated heterocycles. The van der Waals surface area contributed by atoms with Crippen molar-refractivity contribution < 1.29 is 14.3 Å². The number of aryl methyl sites for hydroxylation is 2. The Morgan fingerprint density at radius 2 is 1.74 bits per heavy atom. The van der Waals surface area contributed by atoms with Crippen molar-refractivity contribution in [1.82, 2.24) is 5.32 Å². The van der Waals surface area contributed by atoms with E-state index >= 15 is 0 Å². The highest BCUT2D eigenvalue weighted by molar-refractivity contribution is 6.05. The van der Waals surface area contributed by atoms with Crippen LogP contribution in [0.4, 0.5) is 16.2 Å². The van der Waals surface area contributed by atoms with E-state index in [1.54, 1.807) is 24.3 Å². The molecule has 1 atom stereocenters. The van der Waals surface area contributed by atoms with Crippen LogP contribution in [-0.2, 0) is 4.74 Å². The minimum Gasteiger partial charge on any atom is -0.376 e. The Hall–Kier alpha value is -2.86. The van der Waals surface area contributed by atoms with E-state index in [-0.39, 0.29) is 18.0 Å². The van der Waals surface area contributed by atoms with Crippen LogP contribution in [-0.4, -0.2) is 31.2 Å². The third-order valence-corrected chi connectivity index (χ3v) is 4.55. The van der Waals surface area contributed by atoms with E-state index in [1.165, 1.54) is 0 Å². The third kappa shape index (κ3) is 5.31. The summed E-state index contributed by atoms with van der Waals surface area (Å²) >= 11 is 0. The Bertz CT molecular complexity index is 812. The molecule has 3 amide bonds. The number of benzene rings is 2. The Labute approximate surface area is 159 Å². The fourth-order valence-corrected chi connectivity index (χ4v) is 3.00. The van der Waals surface area contributed by atoms with E-state index in [9.17, 15) is 9.59 Å². The Kier molecular flexibility index (Phi) is 6.08. The first kappa shape index (κ1) is 18.9. The molecule has 2 aromatic rings. The third-order valence-electron chi connectivity index (χ3n) is 4.55. The molecule has 1 aliphatic rings. The summed E-state index contributed by atoms with van der Waals surface area (Å²) in [5.41, 5.74) is 3.96. The summed E-state index contributed by atoms with van der Waals surface area (Å²) < 4.78 is 5.48. The Morgan fingerprint density at radius 1 is 1.04 bits per heavy atom. The smallest absolute Gasteiger partial charge is 0.319 e.